The van der Waals surface area contributed by atoms with E-state index in [9.17, 15) is 9.90 Å². The molecule has 1 aliphatic rings. The van der Waals surface area contributed by atoms with Crippen LogP contribution in [0, 0.1) is 5.41 Å². The molecule has 0 spiro atoms. The van der Waals surface area contributed by atoms with Crippen LogP contribution < -0.4 is 0 Å². The van der Waals surface area contributed by atoms with Crippen LogP contribution in [0.2, 0.25) is 0 Å². The minimum Gasteiger partial charge on any atom is -0.370 e. The van der Waals surface area contributed by atoms with Gasteiger partial charge in [-0.3, -0.25) is 4.79 Å². The van der Waals surface area contributed by atoms with Crippen molar-refractivity contribution in [2.24, 2.45) is 5.41 Å². The summed E-state index contributed by atoms with van der Waals surface area (Å²) in [5.74, 6) is -0.205. The smallest absolute Gasteiger partial charge is 0.152 e. The molecule has 0 aliphatic carbocycles. The van der Waals surface area contributed by atoms with Crippen molar-refractivity contribution in [1.29, 1.82) is 0 Å². The molecule has 0 saturated heterocycles. The molecule has 0 unspecified atom stereocenters. The fourth-order valence-corrected chi connectivity index (χ4v) is 5.15. The van der Waals surface area contributed by atoms with Crippen molar-refractivity contribution in [3.8, 4) is 0 Å². The largest absolute Gasteiger partial charge is 0.370 e. The third-order valence-electron chi connectivity index (χ3n) is 6.96. The first-order chi connectivity index (χ1) is 13.7. The molecule has 1 N–H and O–H groups in total. The van der Waals surface area contributed by atoms with Gasteiger partial charge >= 0.3 is 0 Å². The summed E-state index contributed by atoms with van der Waals surface area (Å²) in [7, 11) is 4.14. The number of carbonyl (C=O) groups excluding carboxylic acids is 1. The van der Waals surface area contributed by atoms with Crippen molar-refractivity contribution in [3.05, 3.63) is 71.4 Å². The van der Waals surface area contributed by atoms with Crippen molar-refractivity contribution in [3.63, 3.8) is 0 Å². The first-order valence-electron chi connectivity index (χ1n) is 10.3. The molecule has 0 fully saturated rings. The normalized spacial score (nSPS) is 26.2. The maximum atomic E-state index is 13.1. The summed E-state index contributed by atoms with van der Waals surface area (Å²) >= 11 is 0. The molecular weight excluding hydrogens is 360 g/mol. The molecule has 2 aromatic carbocycles. The number of ketones is 1. The summed E-state index contributed by atoms with van der Waals surface area (Å²) in [5.41, 5.74) is 2.08. The number of carbonyl (C=O) groups is 1. The minimum absolute atomic E-state index is 0.00249. The Morgan fingerprint density at radius 2 is 1.69 bits per heavy atom. The average molecular weight is 391 g/mol. The van der Waals surface area contributed by atoms with E-state index in [0.717, 1.165) is 35.1 Å². The van der Waals surface area contributed by atoms with Crippen LogP contribution in [-0.4, -0.2) is 41.0 Å². The summed E-state index contributed by atoms with van der Waals surface area (Å²) in [6, 6.07) is 18.4. The molecule has 4 heteroatoms. The number of nitrogens with zero attached hydrogens (tertiary/aromatic N) is 2. The van der Waals surface area contributed by atoms with Gasteiger partial charge in [0.25, 0.3) is 0 Å². The highest BCUT2D eigenvalue weighted by Crippen LogP contribution is 2.59. The molecule has 2 heterocycles. The predicted octanol–water partition coefficient (Wildman–Crippen LogP) is 4.15. The fourth-order valence-electron chi connectivity index (χ4n) is 5.15. The fraction of sp³-hybridized carbons (Fsp3) is 0.400. The van der Waals surface area contributed by atoms with E-state index >= 15 is 0 Å². The van der Waals surface area contributed by atoms with Crippen molar-refractivity contribution >= 4 is 16.7 Å². The molecule has 4 nitrogen and oxygen atoms in total. The number of aromatic nitrogens is 1. The molecule has 3 atom stereocenters. The molecule has 1 aromatic heterocycles. The van der Waals surface area contributed by atoms with Crippen LogP contribution in [0.4, 0.5) is 0 Å². The second-order valence-corrected chi connectivity index (χ2v) is 8.89. The van der Waals surface area contributed by atoms with E-state index in [2.05, 4.69) is 43.3 Å². The number of benzene rings is 2. The van der Waals surface area contributed by atoms with Gasteiger partial charge in [0, 0.05) is 23.5 Å². The highest BCUT2D eigenvalue weighted by atomic mass is 16.3. The zero-order valence-electron chi connectivity index (χ0n) is 17.9. The van der Waals surface area contributed by atoms with Gasteiger partial charge in [0.2, 0.25) is 0 Å². The zero-order valence-corrected chi connectivity index (χ0v) is 17.9. The second-order valence-electron chi connectivity index (χ2n) is 8.89. The van der Waals surface area contributed by atoms with E-state index in [1.54, 1.807) is 13.8 Å². The van der Waals surface area contributed by atoms with Gasteiger partial charge in [0.15, 0.2) is 5.72 Å². The number of fused-ring (bicyclic) bond motifs is 3. The number of hydrogen-bond acceptors (Lipinski definition) is 3. The molecular formula is C25H30N2O2. The molecule has 4 rings (SSSR count). The number of hydrogen-bond donors (Lipinski definition) is 1. The van der Waals surface area contributed by atoms with Gasteiger partial charge in [-0.05, 0) is 58.5 Å². The van der Waals surface area contributed by atoms with Gasteiger partial charge in [-0.2, -0.15) is 0 Å². The lowest BCUT2D eigenvalue weighted by atomic mass is 9.65. The molecule has 0 bridgehead atoms. The summed E-state index contributed by atoms with van der Waals surface area (Å²) in [6.45, 7) is 6.23. The maximum absolute atomic E-state index is 13.1. The van der Waals surface area contributed by atoms with Gasteiger partial charge in [-0.1, -0.05) is 48.5 Å². The predicted molar refractivity (Wildman–Crippen MR) is 117 cm³/mol. The third-order valence-corrected chi connectivity index (χ3v) is 6.96. The Hall–Kier alpha value is -2.43. The highest BCUT2D eigenvalue weighted by Gasteiger charge is 2.62. The first-order valence-corrected chi connectivity index (χ1v) is 10.3. The quantitative estimate of drug-likeness (QED) is 0.712. The molecule has 0 radical (unpaired) electrons. The Labute approximate surface area is 172 Å². The SMILES string of the molecule is CC(=O)[C@]1(C)[C@H](c2ccccc2)c2c(CCN(C)C)c3ccccc3n2[C@]1(C)O. The summed E-state index contributed by atoms with van der Waals surface area (Å²) < 4.78 is 2.03. The van der Waals surface area contributed by atoms with Gasteiger partial charge in [0.1, 0.15) is 5.78 Å². The second kappa shape index (κ2) is 6.82. The molecule has 152 valence electrons. The van der Waals surface area contributed by atoms with E-state index in [1.807, 2.05) is 41.8 Å². The Morgan fingerprint density at radius 1 is 1.07 bits per heavy atom. The number of likely N-dealkylation sites (N-methyl/N-ethyl adjacent to an activating group) is 1. The van der Waals surface area contributed by atoms with Crippen molar-refractivity contribution < 1.29 is 9.90 Å². The Balaban J connectivity index is 2.09. The summed E-state index contributed by atoms with van der Waals surface area (Å²) in [4.78, 5) is 15.2. The lowest BCUT2D eigenvalue weighted by Crippen LogP contribution is -2.48. The van der Waals surface area contributed by atoms with Crippen LogP contribution in [0.5, 0.6) is 0 Å². The summed E-state index contributed by atoms with van der Waals surface area (Å²) in [6.07, 6.45) is 0.864. The number of aliphatic hydroxyl groups is 1. The van der Waals surface area contributed by atoms with Crippen molar-refractivity contribution in [1.82, 2.24) is 9.47 Å². The summed E-state index contributed by atoms with van der Waals surface area (Å²) in [5, 5.41) is 13.1. The van der Waals surface area contributed by atoms with Crippen molar-refractivity contribution in [2.75, 3.05) is 20.6 Å². The number of Topliss-reactive ketones (excluding diaryl/α,β-unsaturated/α-hetero) is 1. The van der Waals surface area contributed by atoms with Crippen molar-refractivity contribution in [2.45, 2.75) is 38.8 Å². The van der Waals surface area contributed by atoms with E-state index in [4.69, 9.17) is 0 Å². The zero-order chi connectivity index (χ0) is 21.0. The van der Waals surface area contributed by atoms with E-state index in [0.29, 0.717) is 0 Å². The maximum Gasteiger partial charge on any atom is 0.152 e. The Kier molecular flexibility index (Phi) is 4.67. The average Bonchev–Trinajstić information content (AvgIpc) is 3.10. The van der Waals surface area contributed by atoms with Crippen LogP contribution in [0.1, 0.15) is 43.5 Å². The van der Waals surface area contributed by atoms with Gasteiger partial charge in [0.05, 0.1) is 10.9 Å². The molecule has 3 aromatic rings. The molecule has 29 heavy (non-hydrogen) atoms. The standard InChI is InChI=1S/C25H30N2O2/c1-17(28)24(2)22(18-11-7-6-8-12-18)23-20(15-16-26(4)5)19-13-9-10-14-21(19)27(23)25(24,3)29/h6-14,22,29H,15-16H2,1-5H3/t22-,24-,25-/m1/s1. The van der Waals surface area contributed by atoms with Gasteiger partial charge in [-0.15, -0.1) is 0 Å². The molecule has 1 aliphatic heterocycles. The Morgan fingerprint density at radius 3 is 2.31 bits per heavy atom. The van der Waals surface area contributed by atoms with E-state index in [-0.39, 0.29) is 11.7 Å². The first kappa shape index (κ1) is 19.9. The van der Waals surface area contributed by atoms with Crippen LogP contribution >= 0.6 is 0 Å². The minimum atomic E-state index is -1.33. The number of rotatable bonds is 5. The molecule has 0 amide bonds. The van der Waals surface area contributed by atoms with Gasteiger partial charge in [-0.25, -0.2) is 0 Å². The topological polar surface area (TPSA) is 45.5 Å². The Bertz CT molecular complexity index is 1070. The van der Waals surface area contributed by atoms with E-state index < -0.39 is 11.1 Å². The monoisotopic (exact) mass is 390 g/mol. The van der Waals surface area contributed by atoms with Crippen LogP contribution in [0.25, 0.3) is 10.9 Å². The third kappa shape index (κ3) is 2.70. The van der Waals surface area contributed by atoms with Gasteiger partial charge < -0.3 is 14.6 Å². The highest BCUT2D eigenvalue weighted by molar-refractivity contribution is 5.91. The van der Waals surface area contributed by atoms with Crippen LogP contribution in [0.3, 0.4) is 0 Å². The van der Waals surface area contributed by atoms with Crippen LogP contribution in [-0.2, 0) is 16.9 Å². The molecule has 0 saturated carbocycles. The lowest BCUT2D eigenvalue weighted by molar-refractivity contribution is -0.153. The lowest BCUT2D eigenvalue weighted by Gasteiger charge is -2.39. The van der Waals surface area contributed by atoms with Crippen LogP contribution in [0.15, 0.2) is 54.6 Å². The van der Waals surface area contributed by atoms with E-state index in [1.165, 1.54) is 5.56 Å². The number of para-hydroxylation sites is 1.